The van der Waals surface area contributed by atoms with Gasteiger partial charge in [-0.1, -0.05) is 6.92 Å². The van der Waals surface area contributed by atoms with Crippen LogP contribution in [-0.4, -0.2) is 79.1 Å². The van der Waals surface area contributed by atoms with Gasteiger partial charge in [0, 0.05) is 43.8 Å². The van der Waals surface area contributed by atoms with Crippen molar-refractivity contribution >= 4 is 0 Å². The number of likely N-dealkylation sites (tertiary alicyclic amines) is 2. The van der Waals surface area contributed by atoms with E-state index < -0.39 is 0 Å². The molecule has 0 aromatic heterocycles. The van der Waals surface area contributed by atoms with Gasteiger partial charge in [-0.3, -0.25) is 4.90 Å². The van der Waals surface area contributed by atoms with Crippen LogP contribution in [0.1, 0.15) is 40.0 Å². The monoisotopic (exact) mass is 296 g/mol. The zero-order valence-corrected chi connectivity index (χ0v) is 14.8. The van der Waals surface area contributed by atoms with E-state index in [9.17, 15) is 0 Å². The van der Waals surface area contributed by atoms with E-state index in [1.165, 1.54) is 45.4 Å². The molecule has 0 bridgehead atoms. The van der Waals surface area contributed by atoms with E-state index in [-0.39, 0.29) is 5.54 Å². The third-order valence-corrected chi connectivity index (χ3v) is 5.97. The summed E-state index contributed by atoms with van der Waals surface area (Å²) in [5.41, 5.74) is 6.54. The molecule has 2 heterocycles. The quantitative estimate of drug-likeness (QED) is 0.852. The molecule has 4 nitrogen and oxygen atoms in total. The van der Waals surface area contributed by atoms with E-state index in [1.54, 1.807) is 0 Å². The van der Waals surface area contributed by atoms with Gasteiger partial charge in [-0.2, -0.15) is 0 Å². The van der Waals surface area contributed by atoms with Crippen LogP contribution in [0.3, 0.4) is 0 Å². The molecule has 0 spiro atoms. The van der Waals surface area contributed by atoms with Gasteiger partial charge in [-0.05, 0) is 59.7 Å². The molecule has 2 rings (SSSR count). The Labute approximate surface area is 131 Å². The lowest BCUT2D eigenvalue weighted by molar-refractivity contribution is 0.0939. The van der Waals surface area contributed by atoms with Crippen molar-refractivity contribution in [3.8, 4) is 0 Å². The van der Waals surface area contributed by atoms with Crippen molar-refractivity contribution in [2.45, 2.75) is 57.7 Å². The summed E-state index contributed by atoms with van der Waals surface area (Å²) in [6.07, 6.45) is 3.78. The Hall–Kier alpha value is -0.160. The fourth-order valence-corrected chi connectivity index (χ4v) is 4.37. The molecule has 2 N–H and O–H groups in total. The lowest BCUT2D eigenvalue weighted by Crippen LogP contribution is -2.54. The minimum absolute atomic E-state index is 0.239. The molecule has 2 aliphatic heterocycles. The van der Waals surface area contributed by atoms with E-state index in [0.29, 0.717) is 12.1 Å². The number of nitrogens with zero attached hydrogens (tertiary/aromatic N) is 3. The lowest BCUT2D eigenvalue weighted by atomic mass is 9.88. The molecule has 0 aromatic rings. The fourth-order valence-electron chi connectivity index (χ4n) is 4.37. The zero-order chi connectivity index (χ0) is 15.6. The van der Waals surface area contributed by atoms with Gasteiger partial charge in [-0.25, -0.2) is 0 Å². The van der Waals surface area contributed by atoms with Gasteiger partial charge in [0.25, 0.3) is 0 Å². The molecule has 124 valence electrons. The zero-order valence-electron chi connectivity index (χ0n) is 14.8. The second-order valence-corrected chi connectivity index (χ2v) is 7.82. The van der Waals surface area contributed by atoms with E-state index in [1.807, 2.05) is 0 Å². The maximum atomic E-state index is 6.30. The van der Waals surface area contributed by atoms with Crippen LogP contribution >= 0.6 is 0 Å². The number of rotatable bonds is 4. The Morgan fingerprint density at radius 3 is 2.43 bits per heavy atom. The van der Waals surface area contributed by atoms with E-state index in [4.69, 9.17) is 5.73 Å². The average Bonchev–Trinajstić information content (AvgIpc) is 2.70. The predicted octanol–water partition coefficient (Wildman–Crippen LogP) is 1.46. The minimum atomic E-state index is 0.239. The molecular formula is C17H36N4. The molecule has 3 atom stereocenters. The molecule has 0 amide bonds. The Morgan fingerprint density at radius 2 is 1.90 bits per heavy atom. The fraction of sp³-hybridized carbons (Fsp3) is 1.00. The maximum Gasteiger partial charge on any atom is 0.0345 e. The summed E-state index contributed by atoms with van der Waals surface area (Å²) < 4.78 is 0. The standard InChI is InChI=1S/C17H36N4/c1-14(2)20-9-6-7-17(13-18,8-10-20)21-11-15(3)16(12-21)19(4)5/h14-16H,6-13,18H2,1-5H3. The van der Waals surface area contributed by atoms with Gasteiger partial charge in [0.2, 0.25) is 0 Å². The average molecular weight is 297 g/mol. The van der Waals surface area contributed by atoms with Crippen LogP contribution < -0.4 is 5.73 Å². The van der Waals surface area contributed by atoms with Crippen molar-refractivity contribution in [1.82, 2.24) is 14.7 Å². The number of hydrogen-bond donors (Lipinski definition) is 1. The summed E-state index contributed by atoms with van der Waals surface area (Å²) in [5, 5.41) is 0. The molecule has 21 heavy (non-hydrogen) atoms. The van der Waals surface area contributed by atoms with Gasteiger partial charge in [0.05, 0.1) is 0 Å². The Morgan fingerprint density at radius 1 is 1.19 bits per heavy atom. The highest BCUT2D eigenvalue weighted by Gasteiger charge is 2.43. The van der Waals surface area contributed by atoms with E-state index in [2.05, 4.69) is 49.6 Å². The second kappa shape index (κ2) is 6.95. The Balaban J connectivity index is 2.08. The Kier molecular flexibility index (Phi) is 5.69. The number of likely N-dealkylation sites (N-methyl/N-ethyl adjacent to an activating group) is 1. The first-order valence-corrected chi connectivity index (χ1v) is 8.75. The highest BCUT2D eigenvalue weighted by molar-refractivity contribution is 5.01. The van der Waals surface area contributed by atoms with Crippen molar-refractivity contribution < 1.29 is 0 Å². The van der Waals surface area contributed by atoms with Gasteiger partial charge < -0.3 is 15.5 Å². The predicted molar refractivity (Wildman–Crippen MR) is 90.6 cm³/mol. The van der Waals surface area contributed by atoms with Gasteiger partial charge in [0.15, 0.2) is 0 Å². The van der Waals surface area contributed by atoms with Crippen LogP contribution in [-0.2, 0) is 0 Å². The van der Waals surface area contributed by atoms with Crippen molar-refractivity contribution in [2.24, 2.45) is 11.7 Å². The van der Waals surface area contributed by atoms with Crippen molar-refractivity contribution in [1.29, 1.82) is 0 Å². The summed E-state index contributed by atoms with van der Waals surface area (Å²) >= 11 is 0. The molecule has 2 fully saturated rings. The Bertz CT molecular complexity index is 331. The molecule has 0 radical (unpaired) electrons. The summed E-state index contributed by atoms with van der Waals surface area (Å²) in [4.78, 5) is 7.75. The first-order valence-electron chi connectivity index (χ1n) is 8.75. The van der Waals surface area contributed by atoms with Crippen molar-refractivity contribution in [3.63, 3.8) is 0 Å². The lowest BCUT2D eigenvalue weighted by Gasteiger charge is -2.41. The largest absolute Gasteiger partial charge is 0.329 e. The summed E-state index contributed by atoms with van der Waals surface area (Å²) in [6, 6.07) is 1.34. The molecule has 2 saturated heterocycles. The van der Waals surface area contributed by atoms with Crippen LogP contribution in [0.2, 0.25) is 0 Å². The highest BCUT2D eigenvalue weighted by Crippen LogP contribution is 2.34. The molecule has 0 saturated carbocycles. The number of hydrogen-bond acceptors (Lipinski definition) is 4. The SMILES string of the molecule is CC1CN(C2(CN)CCCN(C(C)C)CC2)CC1N(C)C. The van der Waals surface area contributed by atoms with Crippen LogP contribution in [0.25, 0.3) is 0 Å². The first kappa shape index (κ1) is 17.2. The summed E-state index contributed by atoms with van der Waals surface area (Å²) in [7, 11) is 4.43. The van der Waals surface area contributed by atoms with Crippen LogP contribution in [0.5, 0.6) is 0 Å². The van der Waals surface area contributed by atoms with Crippen LogP contribution in [0.15, 0.2) is 0 Å². The third kappa shape index (κ3) is 3.61. The minimum Gasteiger partial charge on any atom is -0.329 e. The van der Waals surface area contributed by atoms with Crippen LogP contribution in [0.4, 0.5) is 0 Å². The van der Waals surface area contributed by atoms with Gasteiger partial charge in [-0.15, -0.1) is 0 Å². The molecule has 3 unspecified atom stereocenters. The van der Waals surface area contributed by atoms with Crippen LogP contribution in [0, 0.1) is 5.92 Å². The smallest absolute Gasteiger partial charge is 0.0345 e. The van der Waals surface area contributed by atoms with Gasteiger partial charge in [0.1, 0.15) is 0 Å². The van der Waals surface area contributed by atoms with Crippen molar-refractivity contribution in [3.05, 3.63) is 0 Å². The molecule has 2 aliphatic rings. The normalized spacial score (nSPS) is 36.6. The van der Waals surface area contributed by atoms with E-state index >= 15 is 0 Å². The molecule has 4 heteroatoms. The first-order chi connectivity index (χ1) is 9.89. The second-order valence-electron chi connectivity index (χ2n) is 7.82. The molecular weight excluding hydrogens is 260 g/mol. The third-order valence-electron chi connectivity index (χ3n) is 5.97. The molecule has 0 aromatic carbocycles. The van der Waals surface area contributed by atoms with Crippen molar-refractivity contribution in [2.75, 3.05) is 46.8 Å². The molecule has 0 aliphatic carbocycles. The summed E-state index contributed by atoms with van der Waals surface area (Å²) in [5.74, 6) is 0.743. The maximum absolute atomic E-state index is 6.30. The summed E-state index contributed by atoms with van der Waals surface area (Å²) in [6.45, 7) is 12.7. The topological polar surface area (TPSA) is 35.7 Å². The van der Waals surface area contributed by atoms with Gasteiger partial charge >= 0.3 is 0 Å². The highest BCUT2D eigenvalue weighted by atomic mass is 15.3. The van der Waals surface area contributed by atoms with E-state index in [0.717, 1.165) is 12.5 Å². The number of nitrogens with two attached hydrogens (primary N) is 1.